The van der Waals surface area contributed by atoms with E-state index in [9.17, 15) is 14.7 Å². The number of ether oxygens (including phenoxy) is 2. The van der Waals surface area contributed by atoms with Gasteiger partial charge < -0.3 is 19.6 Å². The van der Waals surface area contributed by atoms with E-state index in [4.69, 9.17) is 9.47 Å². The lowest BCUT2D eigenvalue weighted by Crippen LogP contribution is -2.39. The summed E-state index contributed by atoms with van der Waals surface area (Å²) in [6.07, 6.45) is -0.627. The zero-order chi connectivity index (χ0) is 20.1. The number of aliphatic hydroxyl groups excluding tert-OH is 1. The Labute approximate surface area is 162 Å². The van der Waals surface area contributed by atoms with Crippen molar-refractivity contribution in [2.45, 2.75) is 46.4 Å². The predicted octanol–water partition coefficient (Wildman–Crippen LogP) is 1.69. The molecule has 1 atom stereocenters. The fourth-order valence-electron chi connectivity index (χ4n) is 2.78. The first-order valence-electron chi connectivity index (χ1n) is 8.88. The van der Waals surface area contributed by atoms with E-state index in [1.54, 1.807) is 6.92 Å². The summed E-state index contributed by atoms with van der Waals surface area (Å²) in [5.74, 6) is 0.0155. The maximum absolute atomic E-state index is 12.5. The van der Waals surface area contributed by atoms with Crippen LogP contribution in [0.4, 0.5) is 0 Å². The lowest BCUT2D eigenvalue weighted by Gasteiger charge is -2.28. The van der Waals surface area contributed by atoms with Gasteiger partial charge in [-0.1, -0.05) is 0 Å². The molecule has 0 fully saturated rings. The molecule has 2 rings (SSSR count). The second-order valence-electron chi connectivity index (χ2n) is 6.58. The smallest absolute Gasteiger partial charge is 0.348 e. The molecule has 2 aromatic rings. The molecule has 0 saturated carbocycles. The fraction of sp³-hybridized carbons (Fsp3) is 0.611. The molecule has 1 unspecified atom stereocenters. The molecule has 0 aliphatic heterocycles. The first-order chi connectivity index (χ1) is 12.8. The maximum atomic E-state index is 12.5. The number of methoxy groups -OCH3 is 1. The summed E-state index contributed by atoms with van der Waals surface area (Å²) in [6.45, 7) is 9.19. The van der Waals surface area contributed by atoms with Crippen molar-refractivity contribution in [3.63, 3.8) is 0 Å². The van der Waals surface area contributed by atoms with Gasteiger partial charge in [0.05, 0.1) is 31.8 Å². The summed E-state index contributed by atoms with van der Waals surface area (Å²) in [5, 5.41) is 10.5. The van der Waals surface area contributed by atoms with E-state index in [1.165, 1.54) is 7.11 Å². The zero-order valence-electron chi connectivity index (χ0n) is 16.4. The molecule has 150 valence electrons. The Morgan fingerprint density at radius 3 is 2.70 bits per heavy atom. The van der Waals surface area contributed by atoms with Crippen molar-refractivity contribution >= 4 is 27.5 Å². The lowest BCUT2D eigenvalue weighted by molar-refractivity contribution is 0.0127. The summed E-state index contributed by atoms with van der Waals surface area (Å²) in [7, 11) is 1.31. The highest BCUT2D eigenvalue weighted by atomic mass is 32.1. The molecule has 0 radical (unpaired) electrons. The van der Waals surface area contributed by atoms with E-state index in [2.05, 4.69) is 9.97 Å². The van der Waals surface area contributed by atoms with Crippen LogP contribution in [0.1, 0.15) is 41.8 Å². The summed E-state index contributed by atoms with van der Waals surface area (Å²) in [6, 6.07) is 0.137. The number of nitrogens with zero attached hydrogens (tertiary/aromatic N) is 2. The van der Waals surface area contributed by atoms with Crippen molar-refractivity contribution in [1.82, 2.24) is 14.9 Å². The summed E-state index contributed by atoms with van der Waals surface area (Å²) >= 11 is 1.15. The number of nitrogens with one attached hydrogen (secondary N) is 1. The Hall–Kier alpha value is -1.81. The Bertz CT molecular complexity index is 845. The third kappa shape index (κ3) is 5.13. The Kier molecular flexibility index (Phi) is 7.49. The molecule has 0 spiro atoms. The molecule has 0 aromatic carbocycles. The van der Waals surface area contributed by atoms with Crippen LogP contribution in [-0.2, 0) is 16.0 Å². The van der Waals surface area contributed by atoms with Crippen LogP contribution in [0.3, 0.4) is 0 Å². The van der Waals surface area contributed by atoms with Crippen molar-refractivity contribution in [2.24, 2.45) is 0 Å². The first-order valence-corrected chi connectivity index (χ1v) is 9.70. The van der Waals surface area contributed by atoms with E-state index in [0.29, 0.717) is 46.2 Å². The minimum Gasteiger partial charge on any atom is -0.465 e. The number of thiophene rings is 1. The first kappa shape index (κ1) is 21.5. The monoisotopic (exact) mass is 397 g/mol. The number of hydrogen-bond acceptors (Lipinski definition) is 8. The molecule has 2 aromatic heterocycles. The van der Waals surface area contributed by atoms with Gasteiger partial charge in [-0.15, -0.1) is 11.3 Å². The van der Waals surface area contributed by atoms with Crippen molar-refractivity contribution in [3.8, 4) is 0 Å². The standard InChI is InChI=1S/C18H27N3O5S/c1-6-26-9-12(22)7-21(10(2)3)8-13-19-16(23)14-11(4)15(18(24)25-5)27-17(14)20-13/h10,12,22H,6-9H2,1-5H3,(H,19,20,23). The van der Waals surface area contributed by atoms with Crippen molar-refractivity contribution in [1.29, 1.82) is 0 Å². The van der Waals surface area contributed by atoms with Crippen molar-refractivity contribution in [3.05, 3.63) is 26.6 Å². The topological polar surface area (TPSA) is 105 Å². The van der Waals surface area contributed by atoms with Crippen LogP contribution < -0.4 is 5.56 Å². The van der Waals surface area contributed by atoms with Gasteiger partial charge in [0, 0.05) is 19.2 Å². The number of carbonyl (C=O) groups is 1. The Morgan fingerprint density at radius 1 is 1.41 bits per heavy atom. The molecule has 0 saturated heterocycles. The molecular formula is C18H27N3O5S. The zero-order valence-corrected chi connectivity index (χ0v) is 17.2. The van der Waals surface area contributed by atoms with Gasteiger partial charge in [-0.2, -0.15) is 0 Å². The summed E-state index contributed by atoms with van der Waals surface area (Å²) in [4.78, 5) is 34.6. The van der Waals surface area contributed by atoms with E-state index in [1.807, 2.05) is 25.7 Å². The van der Waals surface area contributed by atoms with Crippen LogP contribution in [0, 0.1) is 6.92 Å². The van der Waals surface area contributed by atoms with E-state index in [0.717, 1.165) is 11.3 Å². The SMILES string of the molecule is CCOCC(O)CN(Cc1nc2sc(C(=O)OC)c(C)c2c(=O)[nH]1)C(C)C. The van der Waals surface area contributed by atoms with Gasteiger partial charge >= 0.3 is 5.97 Å². The fourth-order valence-corrected chi connectivity index (χ4v) is 3.90. The minimum absolute atomic E-state index is 0.137. The third-order valence-electron chi connectivity index (χ3n) is 4.26. The van der Waals surface area contributed by atoms with Gasteiger partial charge in [-0.3, -0.25) is 9.69 Å². The van der Waals surface area contributed by atoms with E-state index >= 15 is 0 Å². The van der Waals surface area contributed by atoms with Gasteiger partial charge in [0.15, 0.2) is 0 Å². The number of rotatable bonds is 9. The molecule has 0 bridgehead atoms. The van der Waals surface area contributed by atoms with Crippen LogP contribution >= 0.6 is 11.3 Å². The Morgan fingerprint density at radius 2 is 2.11 bits per heavy atom. The second-order valence-corrected chi connectivity index (χ2v) is 7.58. The second kappa shape index (κ2) is 9.41. The van der Waals surface area contributed by atoms with Crippen molar-refractivity contribution < 1.29 is 19.4 Å². The number of esters is 1. The van der Waals surface area contributed by atoms with Gasteiger partial charge in [-0.25, -0.2) is 9.78 Å². The molecule has 8 nitrogen and oxygen atoms in total. The number of H-pyrrole nitrogens is 1. The highest BCUT2D eigenvalue weighted by molar-refractivity contribution is 7.20. The average molecular weight is 397 g/mol. The average Bonchev–Trinajstić information content (AvgIpc) is 2.95. The number of aromatic amines is 1. The van der Waals surface area contributed by atoms with E-state index < -0.39 is 12.1 Å². The molecule has 9 heteroatoms. The largest absolute Gasteiger partial charge is 0.465 e. The number of aliphatic hydroxyl groups is 1. The van der Waals surface area contributed by atoms with Crippen LogP contribution in [0.25, 0.3) is 10.2 Å². The van der Waals surface area contributed by atoms with Crippen LogP contribution in [0.2, 0.25) is 0 Å². The quantitative estimate of drug-likeness (QED) is 0.620. The summed E-state index contributed by atoms with van der Waals surface area (Å²) in [5.41, 5.74) is 0.299. The van der Waals surface area contributed by atoms with Crippen LogP contribution in [-0.4, -0.2) is 65.0 Å². The molecule has 0 amide bonds. The van der Waals surface area contributed by atoms with E-state index in [-0.39, 0.29) is 18.2 Å². The molecule has 27 heavy (non-hydrogen) atoms. The van der Waals surface area contributed by atoms with Gasteiger partial charge in [0.2, 0.25) is 0 Å². The molecule has 2 heterocycles. The summed E-state index contributed by atoms with van der Waals surface area (Å²) < 4.78 is 10.0. The molecule has 0 aliphatic rings. The number of fused-ring (bicyclic) bond motifs is 1. The molecular weight excluding hydrogens is 370 g/mol. The van der Waals surface area contributed by atoms with Crippen LogP contribution in [0.15, 0.2) is 4.79 Å². The number of aromatic nitrogens is 2. The maximum Gasteiger partial charge on any atom is 0.348 e. The number of hydrogen-bond donors (Lipinski definition) is 2. The number of carbonyl (C=O) groups excluding carboxylic acids is 1. The normalized spacial score (nSPS) is 12.9. The van der Waals surface area contributed by atoms with Gasteiger partial charge in [0.25, 0.3) is 5.56 Å². The van der Waals surface area contributed by atoms with Gasteiger partial charge in [0.1, 0.15) is 15.5 Å². The molecule has 2 N–H and O–H groups in total. The van der Waals surface area contributed by atoms with Crippen LogP contribution in [0.5, 0.6) is 0 Å². The highest BCUT2D eigenvalue weighted by Crippen LogP contribution is 2.27. The number of aryl methyl sites for hydroxylation is 1. The third-order valence-corrected chi connectivity index (χ3v) is 5.43. The van der Waals surface area contributed by atoms with Gasteiger partial charge in [-0.05, 0) is 33.3 Å². The Balaban J connectivity index is 2.29. The minimum atomic E-state index is -0.627. The lowest BCUT2D eigenvalue weighted by atomic mass is 10.2. The molecule has 0 aliphatic carbocycles. The highest BCUT2D eigenvalue weighted by Gasteiger charge is 2.21. The van der Waals surface area contributed by atoms with Crippen molar-refractivity contribution in [2.75, 3.05) is 26.9 Å². The predicted molar refractivity (Wildman–Crippen MR) is 104 cm³/mol.